The van der Waals surface area contributed by atoms with Crippen LogP contribution >= 0.6 is 0 Å². The van der Waals surface area contributed by atoms with Gasteiger partial charge in [-0.3, -0.25) is 4.79 Å². The zero-order valence-corrected chi connectivity index (χ0v) is 17.7. The SMILES string of the molecule is CCOc1ccc(/C=C/C(=O)Nc2ccc(OC)c(-c3ccc(CO)o3)c2)cc1OC. The minimum Gasteiger partial charge on any atom is -0.496 e. The normalized spacial score (nSPS) is 10.8. The maximum absolute atomic E-state index is 12.4. The van der Waals surface area contributed by atoms with Gasteiger partial charge in [0.25, 0.3) is 0 Å². The Hall–Kier alpha value is -3.71. The summed E-state index contributed by atoms with van der Waals surface area (Å²) in [6, 6.07) is 14.1. The second kappa shape index (κ2) is 10.4. The highest BCUT2D eigenvalue weighted by atomic mass is 16.5. The molecular formula is C24H25NO6. The number of methoxy groups -OCH3 is 2. The van der Waals surface area contributed by atoms with E-state index in [4.69, 9.17) is 18.6 Å². The number of rotatable bonds is 9. The molecule has 7 heteroatoms. The van der Waals surface area contributed by atoms with Gasteiger partial charge in [-0.1, -0.05) is 6.07 Å². The van der Waals surface area contributed by atoms with E-state index in [0.29, 0.717) is 46.6 Å². The highest BCUT2D eigenvalue weighted by Crippen LogP contribution is 2.34. The van der Waals surface area contributed by atoms with E-state index in [1.165, 1.54) is 6.08 Å². The molecule has 0 saturated carbocycles. The van der Waals surface area contributed by atoms with Crippen LogP contribution in [0.1, 0.15) is 18.2 Å². The van der Waals surface area contributed by atoms with Crippen LogP contribution in [-0.4, -0.2) is 31.8 Å². The lowest BCUT2D eigenvalue weighted by atomic mass is 10.1. The Labute approximate surface area is 180 Å². The van der Waals surface area contributed by atoms with E-state index in [1.54, 1.807) is 62.8 Å². The van der Waals surface area contributed by atoms with Gasteiger partial charge in [0, 0.05) is 11.8 Å². The van der Waals surface area contributed by atoms with Crippen LogP contribution in [0.15, 0.2) is 59.0 Å². The van der Waals surface area contributed by atoms with Gasteiger partial charge in [0.2, 0.25) is 5.91 Å². The zero-order chi connectivity index (χ0) is 22.2. The number of anilines is 1. The third-order valence-electron chi connectivity index (χ3n) is 4.46. The van der Waals surface area contributed by atoms with E-state index < -0.39 is 0 Å². The van der Waals surface area contributed by atoms with Gasteiger partial charge in [0.05, 0.1) is 26.4 Å². The lowest BCUT2D eigenvalue weighted by molar-refractivity contribution is -0.111. The minimum atomic E-state index is -0.292. The molecule has 0 spiro atoms. The average molecular weight is 423 g/mol. The van der Waals surface area contributed by atoms with E-state index in [9.17, 15) is 9.90 Å². The van der Waals surface area contributed by atoms with E-state index in [2.05, 4.69) is 5.32 Å². The number of aliphatic hydroxyl groups is 1. The second-order valence-electron chi connectivity index (χ2n) is 6.51. The molecule has 2 aromatic carbocycles. The van der Waals surface area contributed by atoms with Crippen molar-refractivity contribution >= 4 is 17.7 Å². The number of hydrogen-bond acceptors (Lipinski definition) is 6. The first-order chi connectivity index (χ1) is 15.1. The number of furan rings is 1. The van der Waals surface area contributed by atoms with Gasteiger partial charge in [-0.2, -0.15) is 0 Å². The summed E-state index contributed by atoms with van der Waals surface area (Å²) in [5.74, 6) is 2.53. The largest absolute Gasteiger partial charge is 0.496 e. The number of amides is 1. The summed E-state index contributed by atoms with van der Waals surface area (Å²) >= 11 is 0. The van der Waals surface area contributed by atoms with Crippen LogP contribution in [0.25, 0.3) is 17.4 Å². The molecule has 0 aliphatic heterocycles. The Kier molecular flexibility index (Phi) is 7.35. The summed E-state index contributed by atoms with van der Waals surface area (Å²) in [6.45, 7) is 2.25. The molecule has 1 aromatic heterocycles. The molecule has 3 aromatic rings. The molecule has 0 unspecified atom stereocenters. The molecule has 0 aliphatic carbocycles. The molecular weight excluding hydrogens is 398 g/mol. The van der Waals surface area contributed by atoms with Crippen molar-refractivity contribution in [2.45, 2.75) is 13.5 Å². The van der Waals surface area contributed by atoms with Crippen LogP contribution in [-0.2, 0) is 11.4 Å². The fraction of sp³-hybridized carbons (Fsp3) is 0.208. The van der Waals surface area contributed by atoms with Crippen LogP contribution in [0.3, 0.4) is 0 Å². The van der Waals surface area contributed by atoms with Crippen molar-refractivity contribution in [1.82, 2.24) is 0 Å². The van der Waals surface area contributed by atoms with Crippen molar-refractivity contribution in [1.29, 1.82) is 0 Å². The second-order valence-corrected chi connectivity index (χ2v) is 6.51. The highest BCUT2D eigenvalue weighted by Gasteiger charge is 2.12. The Balaban J connectivity index is 1.75. The van der Waals surface area contributed by atoms with Crippen LogP contribution in [0.4, 0.5) is 5.69 Å². The number of aliphatic hydroxyl groups excluding tert-OH is 1. The van der Waals surface area contributed by atoms with Crippen molar-refractivity contribution in [3.8, 4) is 28.6 Å². The fourth-order valence-corrected chi connectivity index (χ4v) is 3.00. The van der Waals surface area contributed by atoms with Crippen molar-refractivity contribution in [3.63, 3.8) is 0 Å². The predicted molar refractivity (Wildman–Crippen MR) is 118 cm³/mol. The molecule has 0 saturated heterocycles. The van der Waals surface area contributed by atoms with Gasteiger partial charge >= 0.3 is 0 Å². The van der Waals surface area contributed by atoms with Crippen molar-refractivity contribution in [2.75, 3.05) is 26.1 Å². The summed E-state index contributed by atoms with van der Waals surface area (Å²) in [5.41, 5.74) is 2.05. The highest BCUT2D eigenvalue weighted by molar-refractivity contribution is 6.02. The lowest BCUT2D eigenvalue weighted by Gasteiger charge is -2.10. The first-order valence-corrected chi connectivity index (χ1v) is 9.75. The van der Waals surface area contributed by atoms with Crippen LogP contribution in [0, 0.1) is 0 Å². The van der Waals surface area contributed by atoms with Gasteiger partial charge < -0.3 is 29.1 Å². The number of carbonyl (C=O) groups excluding carboxylic acids is 1. The average Bonchev–Trinajstić information content (AvgIpc) is 3.27. The van der Waals surface area contributed by atoms with Gasteiger partial charge in [-0.05, 0) is 61.0 Å². The van der Waals surface area contributed by atoms with Gasteiger partial charge in [-0.25, -0.2) is 0 Å². The third-order valence-corrected chi connectivity index (χ3v) is 4.46. The maximum atomic E-state index is 12.4. The van der Waals surface area contributed by atoms with Crippen molar-refractivity contribution < 1.29 is 28.5 Å². The smallest absolute Gasteiger partial charge is 0.248 e. The molecule has 0 atom stereocenters. The molecule has 7 nitrogen and oxygen atoms in total. The Bertz CT molecular complexity index is 1070. The number of benzene rings is 2. The lowest BCUT2D eigenvalue weighted by Crippen LogP contribution is -2.07. The number of ether oxygens (including phenoxy) is 3. The van der Waals surface area contributed by atoms with E-state index >= 15 is 0 Å². The molecule has 1 amide bonds. The third kappa shape index (κ3) is 5.46. The summed E-state index contributed by atoms with van der Waals surface area (Å²) in [7, 11) is 3.13. The summed E-state index contributed by atoms with van der Waals surface area (Å²) < 4.78 is 21.8. The van der Waals surface area contributed by atoms with Crippen molar-refractivity contribution in [2.24, 2.45) is 0 Å². The standard InChI is InChI=1S/C24H25NO6/c1-4-30-22-9-5-16(13-23(22)29-3)6-12-24(27)25-17-7-10-20(28-2)19(14-17)21-11-8-18(15-26)31-21/h5-14,26H,4,15H2,1-3H3,(H,25,27)/b12-6+. The molecule has 3 rings (SSSR count). The van der Waals surface area contributed by atoms with Crippen LogP contribution in [0.5, 0.6) is 17.2 Å². The predicted octanol–water partition coefficient (Wildman–Crippen LogP) is 4.51. The molecule has 0 radical (unpaired) electrons. The summed E-state index contributed by atoms with van der Waals surface area (Å²) in [4.78, 5) is 12.4. The van der Waals surface area contributed by atoms with E-state index in [-0.39, 0.29) is 12.5 Å². The van der Waals surface area contributed by atoms with E-state index in [0.717, 1.165) is 5.56 Å². The van der Waals surface area contributed by atoms with Crippen molar-refractivity contribution in [3.05, 3.63) is 65.9 Å². The topological polar surface area (TPSA) is 90.2 Å². The maximum Gasteiger partial charge on any atom is 0.248 e. The number of hydrogen-bond donors (Lipinski definition) is 2. The monoisotopic (exact) mass is 423 g/mol. The molecule has 31 heavy (non-hydrogen) atoms. The molecule has 0 aliphatic rings. The minimum absolute atomic E-state index is 0.195. The molecule has 0 fully saturated rings. The Morgan fingerprint density at radius 2 is 1.81 bits per heavy atom. The fourth-order valence-electron chi connectivity index (χ4n) is 3.00. The summed E-state index contributed by atoms with van der Waals surface area (Å²) in [6.07, 6.45) is 3.13. The first-order valence-electron chi connectivity index (χ1n) is 9.75. The Morgan fingerprint density at radius 1 is 1.03 bits per heavy atom. The molecule has 0 bridgehead atoms. The molecule has 1 heterocycles. The quantitative estimate of drug-likeness (QED) is 0.492. The first kappa shape index (κ1) is 22.0. The number of carbonyl (C=O) groups is 1. The summed E-state index contributed by atoms with van der Waals surface area (Å²) in [5, 5.41) is 12.0. The Morgan fingerprint density at radius 3 is 2.48 bits per heavy atom. The molecule has 2 N–H and O–H groups in total. The van der Waals surface area contributed by atoms with Gasteiger partial charge in [-0.15, -0.1) is 0 Å². The number of nitrogens with one attached hydrogen (secondary N) is 1. The van der Waals surface area contributed by atoms with Gasteiger partial charge in [0.15, 0.2) is 11.5 Å². The van der Waals surface area contributed by atoms with Gasteiger partial charge in [0.1, 0.15) is 23.9 Å². The zero-order valence-electron chi connectivity index (χ0n) is 17.7. The molecule has 162 valence electrons. The van der Waals surface area contributed by atoms with Crippen LogP contribution in [0.2, 0.25) is 0 Å². The van der Waals surface area contributed by atoms with Crippen LogP contribution < -0.4 is 19.5 Å². The van der Waals surface area contributed by atoms with E-state index in [1.807, 2.05) is 13.0 Å².